The summed E-state index contributed by atoms with van der Waals surface area (Å²) in [4.78, 5) is 18.0. The maximum absolute atomic E-state index is 13.3. The van der Waals surface area contributed by atoms with E-state index in [2.05, 4.69) is 10.5 Å². The molecule has 0 fully saturated rings. The van der Waals surface area contributed by atoms with Gasteiger partial charge in [0.25, 0.3) is 0 Å². The fourth-order valence-electron chi connectivity index (χ4n) is 3.63. The summed E-state index contributed by atoms with van der Waals surface area (Å²) in [7, 11) is 0. The van der Waals surface area contributed by atoms with Gasteiger partial charge in [0, 0.05) is 19.3 Å². The van der Waals surface area contributed by atoms with Gasteiger partial charge in [-0.1, -0.05) is 47.6 Å². The zero-order valence-electron chi connectivity index (χ0n) is 16.5. The van der Waals surface area contributed by atoms with Gasteiger partial charge in [-0.05, 0) is 35.4 Å². The van der Waals surface area contributed by atoms with Crippen molar-refractivity contribution in [3.8, 4) is 0 Å². The summed E-state index contributed by atoms with van der Waals surface area (Å²) in [5.41, 5.74) is 2.73. The first kappa shape index (κ1) is 19.9. The molecule has 1 N–H and O–H groups in total. The predicted octanol–water partition coefficient (Wildman–Crippen LogP) is 4.44. The Morgan fingerprint density at radius 3 is 2.77 bits per heavy atom. The standard InChI is InChI=1S/C24H23FN2O3/c25-19-9-4-6-17(12-19)13-20-14-21(30-27-20)16-26-24(28)15-22(23-10-5-11-29-23)18-7-2-1-3-8-18/h1-12,21-22H,13-16H2,(H,26,28)/t21-,22+/m0/s1. The average molecular weight is 406 g/mol. The molecule has 0 bridgehead atoms. The SMILES string of the molecule is O=C(C[C@H](c1ccccc1)c1ccco1)NC[C@@H]1CC(Cc2cccc(F)c2)=NO1. The molecule has 2 heterocycles. The quantitative estimate of drug-likeness (QED) is 0.601. The van der Waals surface area contributed by atoms with Gasteiger partial charge in [-0.15, -0.1) is 0 Å². The molecule has 1 aliphatic rings. The van der Waals surface area contributed by atoms with Crippen LogP contribution in [0.25, 0.3) is 0 Å². The van der Waals surface area contributed by atoms with Crippen molar-refractivity contribution in [3.63, 3.8) is 0 Å². The summed E-state index contributed by atoms with van der Waals surface area (Å²) in [6.07, 6.45) is 2.83. The van der Waals surface area contributed by atoms with Crippen LogP contribution in [0.15, 0.2) is 82.6 Å². The minimum Gasteiger partial charge on any atom is -0.469 e. The summed E-state index contributed by atoms with van der Waals surface area (Å²) in [5, 5.41) is 7.04. The Balaban J connectivity index is 1.28. The van der Waals surface area contributed by atoms with Gasteiger partial charge in [0.1, 0.15) is 17.7 Å². The van der Waals surface area contributed by atoms with Crippen LogP contribution < -0.4 is 5.32 Å². The lowest BCUT2D eigenvalue weighted by molar-refractivity contribution is -0.122. The van der Waals surface area contributed by atoms with E-state index in [0.29, 0.717) is 19.4 Å². The maximum atomic E-state index is 13.3. The van der Waals surface area contributed by atoms with Crippen LogP contribution in [0.2, 0.25) is 0 Å². The largest absolute Gasteiger partial charge is 0.469 e. The molecule has 0 unspecified atom stereocenters. The normalized spacial score (nSPS) is 16.6. The van der Waals surface area contributed by atoms with E-state index in [1.54, 1.807) is 12.3 Å². The number of furan rings is 1. The highest BCUT2D eigenvalue weighted by molar-refractivity contribution is 5.87. The third-order valence-electron chi connectivity index (χ3n) is 5.10. The van der Waals surface area contributed by atoms with Gasteiger partial charge in [0.15, 0.2) is 0 Å². The number of hydrogen-bond donors (Lipinski definition) is 1. The van der Waals surface area contributed by atoms with Crippen LogP contribution in [0, 0.1) is 5.82 Å². The van der Waals surface area contributed by atoms with Gasteiger partial charge in [0.05, 0.1) is 24.4 Å². The Kier molecular flexibility index (Phi) is 6.23. The first-order chi connectivity index (χ1) is 14.7. The van der Waals surface area contributed by atoms with Gasteiger partial charge in [-0.2, -0.15) is 0 Å². The second kappa shape index (κ2) is 9.39. The van der Waals surface area contributed by atoms with Crippen molar-refractivity contribution in [1.29, 1.82) is 0 Å². The molecule has 2 atom stereocenters. The summed E-state index contributed by atoms with van der Waals surface area (Å²) in [5.74, 6) is 0.266. The van der Waals surface area contributed by atoms with E-state index >= 15 is 0 Å². The highest BCUT2D eigenvalue weighted by Gasteiger charge is 2.24. The fourth-order valence-corrected chi connectivity index (χ4v) is 3.63. The molecule has 1 aromatic heterocycles. The first-order valence-corrected chi connectivity index (χ1v) is 9.98. The second-order valence-corrected chi connectivity index (χ2v) is 7.38. The summed E-state index contributed by atoms with van der Waals surface area (Å²) >= 11 is 0. The van der Waals surface area contributed by atoms with Crippen LogP contribution in [0.5, 0.6) is 0 Å². The van der Waals surface area contributed by atoms with E-state index in [9.17, 15) is 9.18 Å². The number of hydrogen-bond acceptors (Lipinski definition) is 4. The van der Waals surface area contributed by atoms with Crippen LogP contribution in [-0.2, 0) is 16.1 Å². The minimum atomic E-state index is -0.264. The lowest BCUT2D eigenvalue weighted by atomic mass is 9.93. The number of amides is 1. The molecule has 1 amide bonds. The van der Waals surface area contributed by atoms with Crippen molar-refractivity contribution in [3.05, 3.63) is 95.7 Å². The van der Waals surface area contributed by atoms with Gasteiger partial charge >= 0.3 is 0 Å². The van der Waals surface area contributed by atoms with Gasteiger partial charge < -0.3 is 14.6 Å². The molecule has 4 rings (SSSR count). The van der Waals surface area contributed by atoms with Crippen molar-refractivity contribution < 1.29 is 18.4 Å². The summed E-state index contributed by atoms with van der Waals surface area (Å²) in [6, 6.07) is 20.0. The number of nitrogens with zero attached hydrogens (tertiary/aromatic N) is 1. The number of carbonyl (C=O) groups excluding carboxylic acids is 1. The topological polar surface area (TPSA) is 63.8 Å². The molecule has 0 spiro atoms. The number of halogens is 1. The second-order valence-electron chi connectivity index (χ2n) is 7.38. The molecule has 0 radical (unpaired) electrons. The molecule has 0 saturated carbocycles. The monoisotopic (exact) mass is 406 g/mol. The molecule has 5 nitrogen and oxygen atoms in total. The number of benzene rings is 2. The van der Waals surface area contributed by atoms with E-state index < -0.39 is 0 Å². The molecule has 2 aromatic carbocycles. The zero-order chi connectivity index (χ0) is 20.8. The third-order valence-corrected chi connectivity index (χ3v) is 5.10. The van der Waals surface area contributed by atoms with Crippen molar-refractivity contribution >= 4 is 11.6 Å². The summed E-state index contributed by atoms with van der Waals surface area (Å²) < 4.78 is 18.9. The molecular weight excluding hydrogens is 383 g/mol. The van der Waals surface area contributed by atoms with Gasteiger partial charge in [-0.25, -0.2) is 4.39 Å². The number of rotatable bonds is 8. The van der Waals surface area contributed by atoms with Crippen molar-refractivity contribution in [2.45, 2.75) is 31.3 Å². The Morgan fingerprint density at radius 1 is 1.13 bits per heavy atom. The van der Waals surface area contributed by atoms with Crippen LogP contribution in [0.1, 0.15) is 35.6 Å². The smallest absolute Gasteiger partial charge is 0.221 e. The minimum absolute atomic E-state index is 0.0811. The fraction of sp³-hybridized carbons (Fsp3) is 0.250. The molecule has 154 valence electrons. The van der Waals surface area contributed by atoms with Crippen LogP contribution in [-0.4, -0.2) is 24.3 Å². The van der Waals surface area contributed by atoms with E-state index in [1.165, 1.54) is 12.1 Å². The highest BCUT2D eigenvalue weighted by Crippen LogP contribution is 2.28. The van der Waals surface area contributed by atoms with E-state index in [-0.39, 0.29) is 30.2 Å². The van der Waals surface area contributed by atoms with Crippen molar-refractivity contribution in [2.75, 3.05) is 6.54 Å². The van der Waals surface area contributed by atoms with Crippen LogP contribution >= 0.6 is 0 Å². The van der Waals surface area contributed by atoms with Crippen LogP contribution in [0.3, 0.4) is 0 Å². The molecular formula is C24H23FN2O3. The first-order valence-electron chi connectivity index (χ1n) is 9.98. The zero-order valence-corrected chi connectivity index (χ0v) is 16.5. The lowest BCUT2D eigenvalue weighted by Gasteiger charge is -2.16. The average Bonchev–Trinajstić information content (AvgIpc) is 3.43. The molecule has 30 heavy (non-hydrogen) atoms. The number of oxime groups is 1. The number of nitrogens with one attached hydrogen (secondary N) is 1. The lowest BCUT2D eigenvalue weighted by Crippen LogP contribution is -2.33. The van der Waals surface area contributed by atoms with Gasteiger partial charge in [-0.3, -0.25) is 4.79 Å². The van der Waals surface area contributed by atoms with E-state index in [4.69, 9.17) is 9.25 Å². The highest BCUT2D eigenvalue weighted by atomic mass is 19.1. The Hall–Kier alpha value is -3.41. The Labute approximate surface area is 174 Å². The van der Waals surface area contributed by atoms with Crippen molar-refractivity contribution in [1.82, 2.24) is 5.32 Å². The van der Waals surface area contributed by atoms with Crippen molar-refractivity contribution in [2.24, 2.45) is 5.16 Å². The van der Waals surface area contributed by atoms with E-state index in [1.807, 2.05) is 48.5 Å². The summed E-state index contributed by atoms with van der Waals surface area (Å²) in [6.45, 7) is 0.370. The molecule has 3 aromatic rings. The molecule has 0 aliphatic carbocycles. The van der Waals surface area contributed by atoms with Crippen LogP contribution in [0.4, 0.5) is 4.39 Å². The molecule has 0 saturated heterocycles. The third kappa shape index (κ3) is 5.14. The molecule has 1 aliphatic heterocycles. The maximum Gasteiger partial charge on any atom is 0.221 e. The molecule has 6 heteroatoms. The van der Waals surface area contributed by atoms with E-state index in [0.717, 1.165) is 22.6 Å². The number of carbonyl (C=O) groups is 1. The predicted molar refractivity (Wildman–Crippen MR) is 112 cm³/mol. The Morgan fingerprint density at radius 2 is 2.00 bits per heavy atom. The Bertz CT molecular complexity index is 1000. The van der Waals surface area contributed by atoms with Gasteiger partial charge in [0.2, 0.25) is 5.91 Å².